The van der Waals surface area contributed by atoms with Crippen LogP contribution >= 0.6 is 0 Å². The van der Waals surface area contributed by atoms with Crippen LogP contribution in [0.1, 0.15) is 19.8 Å². The van der Waals surface area contributed by atoms with Crippen LogP contribution in [-0.2, 0) is 4.74 Å². The lowest BCUT2D eigenvalue weighted by Gasteiger charge is -2.33. The van der Waals surface area contributed by atoms with Crippen LogP contribution in [0.4, 0.5) is 11.5 Å². The summed E-state index contributed by atoms with van der Waals surface area (Å²) in [5.74, 6) is 0.646. The number of piperidine rings is 1. The minimum absolute atomic E-state index is 0.332. The second-order valence-electron chi connectivity index (χ2n) is 3.83. The van der Waals surface area contributed by atoms with Crippen molar-refractivity contribution in [2.45, 2.75) is 25.9 Å². The van der Waals surface area contributed by atoms with E-state index in [0.29, 0.717) is 11.9 Å². The van der Waals surface area contributed by atoms with Crippen LogP contribution in [0.2, 0.25) is 0 Å². The molecule has 15 heavy (non-hydrogen) atoms. The number of nitrogens with two attached hydrogens (primary N) is 1. The molecule has 2 rings (SSSR count). The molecule has 1 aliphatic heterocycles. The topological polar surface area (TPSA) is 67.2 Å². The molecule has 0 radical (unpaired) electrons. The highest BCUT2D eigenvalue weighted by Crippen LogP contribution is 2.24. The standard InChI is InChI=1S/C10H18N4O/c1-2-15-8-4-3-5-14(7-8)9-6-12-13-10(9)11/h6,8H,2-5,7H2,1H3,(H3,11,12,13). The number of rotatable bonds is 3. The highest BCUT2D eigenvalue weighted by atomic mass is 16.5. The van der Waals surface area contributed by atoms with E-state index in [2.05, 4.69) is 15.1 Å². The Morgan fingerprint density at radius 1 is 1.73 bits per heavy atom. The van der Waals surface area contributed by atoms with Crippen LogP contribution in [0.15, 0.2) is 6.20 Å². The van der Waals surface area contributed by atoms with Crippen molar-refractivity contribution in [3.8, 4) is 0 Å². The average Bonchev–Trinajstić information content (AvgIpc) is 2.65. The number of ether oxygens (including phenoxy) is 1. The van der Waals surface area contributed by atoms with E-state index in [1.807, 2.05) is 6.92 Å². The fraction of sp³-hybridized carbons (Fsp3) is 0.700. The maximum absolute atomic E-state index is 5.79. The van der Waals surface area contributed by atoms with Crippen LogP contribution < -0.4 is 10.6 Å². The number of aromatic nitrogens is 2. The first kappa shape index (κ1) is 10.3. The number of H-pyrrole nitrogens is 1. The van der Waals surface area contributed by atoms with Crippen molar-refractivity contribution in [1.29, 1.82) is 0 Å². The van der Waals surface area contributed by atoms with Gasteiger partial charge in [0.05, 0.1) is 18.0 Å². The van der Waals surface area contributed by atoms with Crippen LogP contribution in [0, 0.1) is 0 Å². The first-order valence-electron chi connectivity index (χ1n) is 5.46. The van der Waals surface area contributed by atoms with E-state index in [9.17, 15) is 0 Å². The SMILES string of the molecule is CCOC1CCCN(c2cn[nH]c2N)C1. The zero-order valence-corrected chi connectivity index (χ0v) is 9.07. The van der Waals surface area contributed by atoms with Crippen LogP contribution in [0.3, 0.4) is 0 Å². The molecule has 0 spiro atoms. The Morgan fingerprint density at radius 3 is 3.27 bits per heavy atom. The van der Waals surface area contributed by atoms with Crippen molar-refractivity contribution in [1.82, 2.24) is 10.2 Å². The molecular formula is C10H18N4O. The Balaban J connectivity index is 2.01. The highest BCUT2D eigenvalue weighted by Gasteiger charge is 2.22. The van der Waals surface area contributed by atoms with Gasteiger partial charge in [-0.2, -0.15) is 5.10 Å². The first-order chi connectivity index (χ1) is 7.31. The van der Waals surface area contributed by atoms with Gasteiger partial charge in [0.25, 0.3) is 0 Å². The van der Waals surface area contributed by atoms with E-state index >= 15 is 0 Å². The molecule has 1 atom stereocenters. The summed E-state index contributed by atoms with van der Waals surface area (Å²) in [7, 11) is 0. The van der Waals surface area contributed by atoms with Gasteiger partial charge >= 0.3 is 0 Å². The summed E-state index contributed by atoms with van der Waals surface area (Å²) in [6, 6.07) is 0. The maximum Gasteiger partial charge on any atom is 0.142 e. The largest absolute Gasteiger partial charge is 0.382 e. The van der Waals surface area contributed by atoms with Crippen LogP contribution in [0.25, 0.3) is 0 Å². The lowest BCUT2D eigenvalue weighted by Crippen LogP contribution is -2.39. The highest BCUT2D eigenvalue weighted by molar-refractivity contribution is 5.62. The Bertz CT molecular complexity index is 310. The average molecular weight is 210 g/mol. The Morgan fingerprint density at radius 2 is 2.60 bits per heavy atom. The third kappa shape index (κ3) is 2.23. The zero-order chi connectivity index (χ0) is 10.7. The molecule has 0 amide bonds. The minimum Gasteiger partial charge on any atom is -0.382 e. The Hall–Kier alpha value is -1.23. The number of hydrogen-bond donors (Lipinski definition) is 2. The van der Waals surface area contributed by atoms with E-state index in [0.717, 1.165) is 38.2 Å². The smallest absolute Gasteiger partial charge is 0.142 e. The Labute approximate surface area is 89.6 Å². The molecule has 1 unspecified atom stereocenters. The summed E-state index contributed by atoms with van der Waals surface area (Å²) in [6.07, 6.45) is 4.40. The molecule has 2 heterocycles. The number of nitrogens with one attached hydrogen (secondary N) is 1. The van der Waals surface area contributed by atoms with Crippen LogP contribution in [0.5, 0.6) is 0 Å². The van der Waals surface area contributed by atoms with E-state index in [4.69, 9.17) is 10.5 Å². The monoisotopic (exact) mass is 210 g/mol. The molecule has 5 nitrogen and oxygen atoms in total. The van der Waals surface area contributed by atoms with Gasteiger partial charge in [0.1, 0.15) is 5.82 Å². The van der Waals surface area contributed by atoms with Gasteiger partial charge in [-0.05, 0) is 19.8 Å². The molecule has 0 aromatic carbocycles. The van der Waals surface area contributed by atoms with Gasteiger partial charge in [0, 0.05) is 19.7 Å². The molecule has 5 heteroatoms. The summed E-state index contributed by atoms with van der Waals surface area (Å²) in [6.45, 7) is 4.76. The van der Waals surface area contributed by atoms with E-state index in [1.54, 1.807) is 6.20 Å². The van der Waals surface area contributed by atoms with Gasteiger partial charge in [-0.25, -0.2) is 0 Å². The first-order valence-corrected chi connectivity index (χ1v) is 5.46. The predicted octanol–water partition coefficient (Wildman–Crippen LogP) is 0.997. The number of nitrogens with zero attached hydrogens (tertiary/aromatic N) is 2. The quantitative estimate of drug-likeness (QED) is 0.781. The molecule has 1 aliphatic rings. The zero-order valence-electron chi connectivity index (χ0n) is 9.07. The molecule has 1 aromatic rings. The molecule has 1 saturated heterocycles. The molecule has 84 valence electrons. The van der Waals surface area contributed by atoms with E-state index in [-0.39, 0.29) is 0 Å². The lowest BCUT2D eigenvalue weighted by atomic mass is 10.1. The fourth-order valence-electron chi connectivity index (χ4n) is 2.07. The van der Waals surface area contributed by atoms with Gasteiger partial charge in [-0.1, -0.05) is 0 Å². The van der Waals surface area contributed by atoms with Crippen molar-refractivity contribution in [2.24, 2.45) is 0 Å². The van der Waals surface area contributed by atoms with Gasteiger partial charge < -0.3 is 15.4 Å². The van der Waals surface area contributed by atoms with Gasteiger partial charge in [0.2, 0.25) is 0 Å². The molecular weight excluding hydrogens is 192 g/mol. The van der Waals surface area contributed by atoms with E-state index in [1.165, 1.54) is 0 Å². The molecule has 3 N–H and O–H groups in total. The summed E-state index contributed by atoms with van der Waals surface area (Å²) < 4.78 is 5.64. The van der Waals surface area contributed by atoms with Gasteiger partial charge in [-0.15, -0.1) is 0 Å². The summed E-state index contributed by atoms with van der Waals surface area (Å²) >= 11 is 0. The summed E-state index contributed by atoms with van der Waals surface area (Å²) in [5.41, 5.74) is 6.79. The lowest BCUT2D eigenvalue weighted by molar-refractivity contribution is 0.0527. The van der Waals surface area contributed by atoms with Gasteiger partial charge in [0.15, 0.2) is 0 Å². The van der Waals surface area contributed by atoms with Crippen molar-refractivity contribution < 1.29 is 4.74 Å². The van der Waals surface area contributed by atoms with Crippen LogP contribution in [-0.4, -0.2) is 36.0 Å². The predicted molar refractivity (Wildman–Crippen MR) is 59.9 cm³/mol. The number of anilines is 2. The Kier molecular flexibility index (Phi) is 3.11. The number of nitrogen functional groups attached to an aromatic ring is 1. The number of aromatic amines is 1. The van der Waals surface area contributed by atoms with Crippen molar-refractivity contribution in [2.75, 3.05) is 30.3 Å². The molecule has 1 fully saturated rings. The minimum atomic E-state index is 0.332. The van der Waals surface area contributed by atoms with Crippen molar-refractivity contribution in [3.05, 3.63) is 6.20 Å². The second kappa shape index (κ2) is 4.53. The third-order valence-electron chi connectivity index (χ3n) is 2.77. The maximum atomic E-state index is 5.79. The number of hydrogen-bond acceptors (Lipinski definition) is 4. The third-order valence-corrected chi connectivity index (χ3v) is 2.77. The van der Waals surface area contributed by atoms with Crippen molar-refractivity contribution >= 4 is 11.5 Å². The molecule has 0 bridgehead atoms. The second-order valence-corrected chi connectivity index (χ2v) is 3.83. The normalized spacial score (nSPS) is 21.9. The summed E-state index contributed by atoms with van der Waals surface area (Å²) in [4.78, 5) is 2.24. The summed E-state index contributed by atoms with van der Waals surface area (Å²) in [5, 5.41) is 6.69. The molecule has 0 saturated carbocycles. The fourth-order valence-corrected chi connectivity index (χ4v) is 2.07. The molecule has 1 aromatic heterocycles. The molecule has 0 aliphatic carbocycles. The van der Waals surface area contributed by atoms with E-state index < -0.39 is 0 Å². The van der Waals surface area contributed by atoms with Crippen molar-refractivity contribution in [3.63, 3.8) is 0 Å². The van der Waals surface area contributed by atoms with Gasteiger partial charge in [-0.3, -0.25) is 5.10 Å².